The lowest BCUT2D eigenvalue weighted by molar-refractivity contribution is -0.0322. The Hall–Kier alpha value is -1.58. The molecule has 3 N–H and O–H groups in total. The minimum absolute atomic E-state index is 0.0220. The molecule has 0 bridgehead atoms. The number of anilines is 1. The van der Waals surface area contributed by atoms with Crippen molar-refractivity contribution >= 4 is 27.8 Å². The van der Waals surface area contributed by atoms with E-state index >= 15 is 0 Å². The number of aromatic nitrogens is 2. The normalized spacial score (nSPS) is 27.8. The van der Waals surface area contributed by atoms with Crippen LogP contribution in [0.25, 0.3) is 6.08 Å². The number of nitrogens with zero attached hydrogens (tertiary/aromatic N) is 2. The summed E-state index contributed by atoms with van der Waals surface area (Å²) in [7, 11) is 0. The van der Waals surface area contributed by atoms with Gasteiger partial charge < -0.3 is 15.6 Å². The number of halogens is 3. The summed E-state index contributed by atoms with van der Waals surface area (Å²) in [4.78, 5) is 16.9. The highest BCUT2D eigenvalue weighted by Gasteiger charge is 2.41. The Kier molecular flexibility index (Phi) is 4.86. The van der Waals surface area contributed by atoms with Gasteiger partial charge in [-0.2, -0.15) is 4.98 Å². The molecule has 1 aliphatic rings. The largest absolute Gasteiger partial charge is 0.394 e. The summed E-state index contributed by atoms with van der Waals surface area (Å²) in [5, 5.41) is 9.01. The van der Waals surface area contributed by atoms with Crippen molar-refractivity contribution in [2.75, 3.05) is 12.3 Å². The van der Waals surface area contributed by atoms with Gasteiger partial charge in [-0.3, -0.25) is 4.57 Å². The summed E-state index contributed by atoms with van der Waals surface area (Å²) in [5.41, 5.74) is 4.75. The Labute approximate surface area is 126 Å². The first-order valence-corrected chi connectivity index (χ1v) is 6.81. The quantitative estimate of drug-likeness (QED) is 0.843. The summed E-state index contributed by atoms with van der Waals surface area (Å²) >= 11 is 3.06. The highest BCUT2D eigenvalue weighted by Crippen LogP contribution is 2.35. The van der Waals surface area contributed by atoms with Crippen LogP contribution < -0.4 is 11.4 Å². The van der Waals surface area contributed by atoms with Gasteiger partial charge in [0.1, 0.15) is 11.9 Å². The van der Waals surface area contributed by atoms with E-state index in [1.54, 1.807) is 0 Å². The van der Waals surface area contributed by atoms with E-state index in [9.17, 15) is 13.6 Å². The maximum Gasteiger partial charge on any atom is 0.351 e. The van der Waals surface area contributed by atoms with Crippen LogP contribution in [0.5, 0.6) is 0 Å². The van der Waals surface area contributed by atoms with Gasteiger partial charge in [-0.05, 0) is 11.1 Å². The third kappa shape index (κ3) is 2.89. The zero-order chi connectivity index (χ0) is 15.6. The first kappa shape index (κ1) is 15.8. The van der Waals surface area contributed by atoms with Gasteiger partial charge in [0.25, 0.3) is 0 Å². The van der Waals surface area contributed by atoms with Crippen molar-refractivity contribution < 1.29 is 18.6 Å². The zero-order valence-corrected chi connectivity index (χ0v) is 12.2. The molecule has 2 rings (SSSR count). The summed E-state index contributed by atoms with van der Waals surface area (Å²) in [6, 6.07) is 0. The standard InChI is InChI=1S/C12H12BrF2N3O3/c13-2-1-6-4-18(12(20)17-10(6)16)11-7(3-14)9(15)8(5-19)21-11/h1-4,8-9,11,19H,5H2,(H2,16,17,20). The molecule has 6 nitrogen and oxygen atoms in total. The Balaban J connectivity index is 2.51. The van der Waals surface area contributed by atoms with E-state index in [1.807, 2.05) is 0 Å². The second kappa shape index (κ2) is 6.46. The number of hydrogen-bond donors (Lipinski definition) is 2. The van der Waals surface area contributed by atoms with Crippen LogP contribution in [0, 0.1) is 0 Å². The summed E-state index contributed by atoms with van der Waals surface area (Å²) in [6.45, 7) is -0.639. The molecule has 0 aromatic carbocycles. The number of ether oxygens (including phenoxy) is 1. The molecule has 0 aliphatic carbocycles. The Bertz CT molecular complexity index is 647. The number of nitrogen functional groups attached to an aromatic ring is 1. The molecule has 1 saturated heterocycles. The number of aliphatic hydroxyl groups excluding tert-OH is 1. The Morgan fingerprint density at radius 2 is 2.33 bits per heavy atom. The summed E-state index contributed by atoms with van der Waals surface area (Å²) in [6.07, 6.45) is -1.56. The van der Waals surface area contributed by atoms with Crippen molar-refractivity contribution in [1.29, 1.82) is 0 Å². The fourth-order valence-electron chi connectivity index (χ4n) is 2.00. The smallest absolute Gasteiger partial charge is 0.351 e. The number of hydrogen-bond acceptors (Lipinski definition) is 5. The van der Waals surface area contributed by atoms with Crippen LogP contribution in [0.2, 0.25) is 0 Å². The lowest BCUT2D eigenvalue weighted by atomic mass is 10.1. The van der Waals surface area contributed by atoms with Gasteiger partial charge in [0.05, 0.1) is 12.9 Å². The number of alkyl halides is 1. The molecule has 114 valence electrons. The third-order valence-corrected chi connectivity index (χ3v) is 3.31. The maximum absolute atomic E-state index is 13.9. The van der Waals surface area contributed by atoms with E-state index < -0.39 is 36.4 Å². The average Bonchev–Trinajstić information content (AvgIpc) is 2.78. The maximum atomic E-state index is 13.9. The molecule has 1 aromatic heterocycles. The highest BCUT2D eigenvalue weighted by atomic mass is 79.9. The van der Waals surface area contributed by atoms with Crippen LogP contribution in [0.4, 0.5) is 14.6 Å². The monoisotopic (exact) mass is 363 g/mol. The highest BCUT2D eigenvalue weighted by molar-refractivity contribution is 9.11. The molecule has 1 aromatic rings. The van der Waals surface area contributed by atoms with Gasteiger partial charge in [-0.15, -0.1) is 0 Å². The molecule has 3 atom stereocenters. The molecular formula is C12H12BrF2N3O3. The minimum atomic E-state index is -1.84. The van der Waals surface area contributed by atoms with Crippen LogP contribution in [-0.4, -0.2) is 33.5 Å². The van der Waals surface area contributed by atoms with Gasteiger partial charge >= 0.3 is 5.69 Å². The molecule has 0 saturated carbocycles. The van der Waals surface area contributed by atoms with Crippen molar-refractivity contribution in [1.82, 2.24) is 9.55 Å². The molecule has 1 fully saturated rings. The molecular weight excluding hydrogens is 352 g/mol. The van der Waals surface area contributed by atoms with Crippen LogP contribution >= 0.6 is 15.9 Å². The first-order chi connectivity index (χ1) is 10.0. The van der Waals surface area contributed by atoms with Crippen molar-refractivity contribution in [2.45, 2.75) is 18.5 Å². The van der Waals surface area contributed by atoms with E-state index in [-0.39, 0.29) is 12.1 Å². The van der Waals surface area contributed by atoms with Crippen LogP contribution in [0.15, 0.2) is 27.9 Å². The van der Waals surface area contributed by atoms with Crippen molar-refractivity contribution in [3.8, 4) is 0 Å². The van der Waals surface area contributed by atoms with E-state index in [1.165, 1.54) is 17.3 Å². The Morgan fingerprint density at radius 3 is 2.90 bits per heavy atom. The first-order valence-electron chi connectivity index (χ1n) is 5.89. The predicted octanol–water partition coefficient (Wildman–Crippen LogP) is 1.27. The molecule has 3 unspecified atom stereocenters. The van der Waals surface area contributed by atoms with Gasteiger partial charge in [0, 0.05) is 17.3 Å². The van der Waals surface area contributed by atoms with Crippen molar-refractivity contribution in [3.63, 3.8) is 0 Å². The molecule has 1 aliphatic heterocycles. The average molecular weight is 364 g/mol. The topological polar surface area (TPSA) is 90.4 Å². The van der Waals surface area contributed by atoms with E-state index in [4.69, 9.17) is 15.6 Å². The van der Waals surface area contributed by atoms with Crippen molar-refractivity contribution in [3.05, 3.63) is 39.1 Å². The fourth-order valence-corrected chi connectivity index (χ4v) is 2.29. The van der Waals surface area contributed by atoms with E-state index in [0.717, 1.165) is 4.57 Å². The molecule has 0 spiro atoms. The van der Waals surface area contributed by atoms with Crippen LogP contribution in [0.3, 0.4) is 0 Å². The van der Waals surface area contributed by atoms with Gasteiger partial charge in [0.2, 0.25) is 0 Å². The molecule has 0 amide bonds. The second-order valence-corrected chi connectivity index (χ2v) is 4.81. The summed E-state index contributed by atoms with van der Waals surface area (Å²) in [5.74, 6) is -0.0220. The van der Waals surface area contributed by atoms with Crippen LogP contribution in [0.1, 0.15) is 11.8 Å². The van der Waals surface area contributed by atoms with E-state index in [2.05, 4.69) is 20.9 Å². The van der Waals surface area contributed by atoms with Gasteiger partial charge in [0.15, 0.2) is 12.4 Å². The Morgan fingerprint density at radius 1 is 1.62 bits per heavy atom. The number of aliphatic hydroxyl groups is 1. The fraction of sp³-hybridized carbons (Fsp3) is 0.333. The molecule has 21 heavy (non-hydrogen) atoms. The number of nitrogens with two attached hydrogens (primary N) is 1. The zero-order valence-electron chi connectivity index (χ0n) is 10.6. The molecule has 2 heterocycles. The lowest BCUT2D eigenvalue weighted by Gasteiger charge is -2.15. The molecule has 9 heteroatoms. The lowest BCUT2D eigenvalue weighted by Crippen LogP contribution is -2.29. The SMILES string of the molecule is Nc1nc(=O)n(C2OC(CO)C(F)C2=CF)cc1C=CBr. The molecule has 0 radical (unpaired) electrons. The van der Waals surface area contributed by atoms with Gasteiger partial charge in [-0.25, -0.2) is 13.6 Å². The number of rotatable bonds is 3. The van der Waals surface area contributed by atoms with Gasteiger partial charge in [-0.1, -0.05) is 15.9 Å². The third-order valence-electron chi connectivity index (χ3n) is 3.05. The minimum Gasteiger partial charge on any atom is -0.394 e. The van der Waals surface area contributed by atoms with Crippen LogP contribution in [-0.2, 0) is 4.74 Å². The second-order valence-electron chi connectivity index (χ2n) is 4.28. The predicted molar refractivity (Wildman–Crippen MR) is 76.0 cm³/mol. The summed E-state index contributed by atoms with van der Waals surface area (Å²) < 4.78 is 32.9. The van der Waals surface area contributed by atoms with Crippen molar-refractivity contribution in [2.24, 2.45) is 0 Å². The van der Waals surface area contributed by atoms with E-state index in [0.29, 0.717) is 5.56 Å².